The van der Waals surface area contributed by atoms with E-state index < -0.39 is 0 Å². The Morgan fingerprint density at radius 3 is 1.30 bits per heavy atom. The van der Waals surface area contributed by atoms with E-state index in [-0.39, 0.29) is 10.8 Å². The predicted octanol–water partition coefficient (Wildman–Crippen LogP) is 12.4. The predicted molar refractivity (Wildman–Crippen MR) is 201 cm³/mol. The van der Waals surface area contributed by atoms with Gasteiger partial charge in [-0.15, -0.1) is 39.7 Å². The molecule has 0 amide bonds. The maximum atomic E-state index is 2.35. The van der Waals surface area contributed by atoms with Crippen LogP contribution in [0.2, 0.25) is 0 Å². The van der Waals surface area contributed by atoms with Crippen molar-refractivity contribution in [1.82, 2.24) is 0 Å². The van der Waals surface area contributed by atoms with Crippen LogP contribution in [-0.4, -0.2) is 3.21 Å². The van der Waals surface area contributed by atoms with Gasteiger partial charge in [0.15, 0.2) is 0 Å². The number of hydrogen-bond donors (Lipinski definition) is 0. The summed E-state index contributed by atoms with van der Waals surface area (Å²) in [6.45, 7) is 22.6. The van der Waals surface area contributed by atoms with Gasteiger partial charge in [-0.2, -0.15) is 23.3 Å². The van der Waals surface area contributed by atoms with Crippen LogP contribution in [0.4, 0.5) is 0 Å². The molecule has 0 unspecified atom stereocenters. The molecule has 0 fully saturated rings. The van der Waals surface area contributed by atoms with E-state index in [0.29, 0.717) is 5.41 Å². The molecule has 0 nitrogen and oxygen atoms in total. The summed E-state index contributed by atoms with van der Waals surface area (Å²) in [5.41, 5.74) is 9.09. The van der Waals surface area contributed by atoms with Crippen LogP contribution in [0.15, 0.2) is 121 Å². The van der Waals surface area contributed by atoms with Gasteiger partial charge in [-0.1, -0.05) is 116 Å². The molecular formula is C45H52Zr. The molecule has 0 saturated heterocycles. The molecule has 6 rings (SSSR count). The number of fused-ring (bicyclic) bond motifs is 3. The topological polar surface area (TPSA) is 0 Å². The van der Waals surface area contributed by atoms with Gasteiger partial charge in [0, 0.05) is 0 Å². The fourth-order valence-corrected chi connectivity index (χ4v) is 6.33. The Hall–Kier alpha value is -3.15. The average molecular weight is 684 g/mol. The van der Waals surface area contributed by atoms with E-state index in [0.717, 1.165) is 6.42 Å². The molecule has 1 heteroatoms. The van der Waals surface area contributed by atoms with Crippen molar-refractivity contribution in [2.45, 2.75) is 91.9 Å². The summed E-state index contributed by atoms with van der Waals surface area (Å²) in [5.74, 6) is 0. The summed E-state index contributed by atoms with van der Waals surface area (Å²) < 4.78 is 1.42. The molecule has 0 heterocycles. The first-order valence-electron chi connectivity index (χ1n) is 16.7. The summed E-state index contributed by atoms with van der Waals surface area (Å²) in [7, 11) is 0. The molecule has 0 aliphatic rings. The van der Waals surface area contributed by atoms with E-state index in [2.05, 4.69) is 191 Å². The Morgan fingerprint density at radius 1 is 0.565 bits per heavy atom. The van der Waals surface area contributed by atoms with Crippen molar-refractivity contribution >= 4 is 24.8 Å². The molecule has 0 bridgehead atoms. The minimum atomic E-state index is 0.203. The second-order valence-corrected chi connectivity index (χ2v) is 16.7. The normalized spacial score (nSPS) is 11.9. The Bertz CT molecular complexity index is 1750. The maximum absolute atomic E-state index is 2.35. The zero-order valence-electron chi connectivity index (χ0n) is 29.8. The van der Waals surface area contributed by atoms with Crippen LogP contribution < -0.4 is 0 Å². The van der Waals surface area contributed by atoms with Crippen LogP contribution in [0.25, 0.3) is 21.5 Å². The Kier molecular flexibility index (Phi) is 11.4. The number of rotatable bonds is 3. The summed E-state index contributed by atoms with van der Waals surface area (Å²) in [6.07, 6.45) is 1.15. The van der Waals surface area contributed by atoms with Gasteiger partial charge < -0.3 is 0 Å². The van der Waals surface area contributed by atoms with E-state index in [1.807, 2.05) is 0 Å². The van der Waals surface area contributed by atoms with Crippen LogP contribution in [0, 0.1) is 0 Å². The molecule has 0 saturated carbocycles. The van der Waals surface area contributed by atoms with Crippen LogP contribution in [0.1, 0.15) is 103 Å². The SMILES string of the molecule is CC(C)(C)c1ccc2c(c1)[cH-]c1cc(C(C)(C)C)ccc12.CC[c-]1ccc(C(C)(C)C)c1.[Zr+2]=[C](c1ccccc1)c1ccccc1. The van der Waals surface area contributed by atoms with E-state index in [9.17, 15) is 0 Å². The van der Waals surface area contributed by atoms with Crippen molar-refractivity contribution in [3.05, 3.63) is 155 Å². The summed E-state index contributed by atoms with van der Waals surface area (Å²) >= 11 is 1.46. The molecule has 0 aromatic heterocycles. The summed E-state index contributed by atoms with van der Waals surface area (Å²) in [5, 5.41) is 5.48. The number of aryl methyl sites for hydroxylation is 1. The summed E-state index contributed by atoms with van der Waals surface area (Å²) in [6, 6.07) is 44.0. The molecule has 0 radical (unpaired) electrons. The van der Waals surface area contributed by atoms with Crippen molar-refractivity contribution in [1.29, 1.82) is 0 Å². The quantitative estimate of drug-likeness (QED) is 0.163. The second-order valence-electron chi connectivity index (χ2n) is 15.5. The first kappa shape index (κ1) is 35.7. The van der Waals surface area contributed by atoms with E-state index in [1.54, 1.807) is 0 Å². The monoisotopic (exact) mass is 682 g/mol. The van der Waals surface area contributed by atoms with Crippen LogP contribution in [-0.2, 0) is 46.9 Å². The molecule has 0 N–H and O–H groups in total. The van der Waals surface area contributed by atoms with E-state index in [4.69, 9.17) is 0 Å². The van der Waals surface area contributed by atoms with Crippen LogP contribution >= 0.6 is 0 Å². The van der Waals surface area contributed by atoms with Crippen LogP contribution in [0.5, 0.6) is 0 Å². The van der Waals surface area contributed by atoms with Gasteiger partial charge >= 0.3 is 99.2 Å². The van der Waals surface area contributed by atoms with Gasteiger partial charge in [0.05, 0.1) is 0 Å². The van der Waals surface area contributed by atoms with Crippen molar-refractivity contribution in [2.75, 3.05) is 0 Å². The van der Waals surface area contributed by atoms with Crippen molar-refractivity contribution in [3.8, 4) is 0 Å². The van der Waals surface area contributed by atoms with Crippen molar-refractivity contribution in [2.24, 2.45) is 0 Å². The standard InChI is InChI=1S/C21H25.C13H10.C11H17.Zr/c1-20(2,3)16-7-9-18-14(12-16)11-15-13-17(21(4,5)6)8-10-19(15)18;1-3-7-12(8-4-1)11-13-9-5-2-6-10-13;1-5-9-6-7-10(8-9)11(2,3)4;/h7-13H,1-6H3;1-10H;6-8H,5H2,1-4H3;/q-1;;-1;+2. The molecule has 6 aromatic carbocycles. The average Bonchev–Trinajstić information content (AvgIpc) is 3.66. The zero-order chi connectivity index (χ0) is 33.7. The van der Waals surface area contributed by atoms with Crippen molar-refractivity contribution < 1.29 is 24.2 Å². The molecule has 0 aliphatic heterocycles. The Morgan fingerprint density at radius 2 is 0.978 bits per heavy atom. The molecule has 0 spiro atoms. The number of benzene rings is 4. The third-order valence-electron chi connectivity index (χ3n) is 8.65. The third kappa shape index (κ3) is 9.23. The van der Waals surface area contributed by atoms with Gasteiger partial charge in [-0.25, -0.2) is 6.07 Å². The van der Waals surface area contributed by atoms with E-state index in [1.165, 1.54) is 82.4 Å². The fraction of sp³-hybridized carbons (Fsp3) is 0.311. The Balaban J connectivity index is 0.000000167. The van der Waals surface area contributed by atoms with Crippen LogP contribution in [0.3, 0.4) is 0 Å². The minimum absolute atomic E-state index is 0.203. The van der Waals surface area contributed by atoms with Crippen molar-refractivity contribution in [3.63, 3.8) is 0 Å². The number of hydrogen-bond acceptors (Lipinski definition) is 0. The Labute approximate surface area is 293 Å². The summed E-state index contributed by atoms with van der Waals surface area (Å²) in [4.78, 5) is 0. The first-order chi connectivity index (χ1) is 21.6. The zero-order valence-corrected chi connectivity index (χ0v) is 32.2. The second kappa shape index (κ2) is 14.7. The van der Waals surface area contributed by atoms with Gasteiger partial charge in [-0.3, -0.25) is 0 Å². The fourth-order valence-electron chi connectivity index (χ4n) is 5.51. The third-order valence-corrected chi connectivity index (χ3v) is 10.1. The molecule has 0 atom stereocenters. The van der Waals surface area contributed by atoms with Gasteiger partial charge in [0.1, 0.15) is 0 Å². The first-order valence-corrected chi connectivity index (χ1v) is 17.9. The molecule has 0 aliphatic carbocycles. The molecular weight excluding hydrogens is 632 g/mol. The molecule has 46 heavy (non-hydrogen) atoms. The van der Waals surface area contributed by atoms with E-state index >= 15 is 0 Å². The van der Waals surface area contributed by atoms with Gasteiger partial charge in [-0.05, 0) is 10.8 Å². The molecule has 6 aromatic rings. The molecule has 236 valence electrons. The van der Waals surface area contributed by atoms with Gasteiger partial charge in [0.2, 0.25) is 0 Å². The van der Waals surface area contributed by atoms with Gasteiger partial charge in [0.25, 0.3) is 0 Å².